The standard InChI is InChI=1S/C15H19N3O2S/c1-11-8-12(16)10-13(9-11)21(19,20)17-14-6-4-5-7-15(14)18(2)3/h4-10,17H,16H2,1-3H3. The molecule has 0 aliphatic heterocycles. The molecule has 6 heteroatoms. The number of para-hydroxylation sites is 2. The van der Waals surface area contributed by atoms with Gasteiger partial charge >= 0.3 is 0 Å². The minimum atomic E-state index is -3.67. The highest BCUT2D eigenvalue weighted by molar-refractivity contribution is 7.92. The topological polar surface area (TPSA) is 75.4 Å². The summed E-state index contributed by atoms with van der Waals surface area (Å²) >= 11 is 0. The summed E-state index contributed by atoms with van der Waals surface area (Å²) in [6.07, 6.45) is 0. The van der Waals surface area contributed by atoms with Gasteiger partial charge in [0.2, 0.25) is 0 Å². The van der Waals surface area contributed by atoms with Crippen LogP contribution >= 0.6 is 0 Å². The van der Waals surface area contributed by atoms with E-state index in [2.05, 4.69) is 4.72 Å². The molecule has 2 aromatic rings. The first-order valence-electron chi connectivity index (χ1n) is 6.46. The van der Waals surface area contributed by atoms with Gasteiger partial charge in [0.1, 0.15) is 0 Å². The van der Waals surface area contributed by atoms with E-state index in [0.717, 1.165) is 11.3 Å². The lowest BCUT2D eigenvalue weighted by molar-refractivity contribution is 0.601. The van der Waals surface area contributed by atoms with Crippen molar-refractivity contribution in [1.82, 2.24) is 0 Å². The second kappa shape index (κ2) is 5.65. The Morgan fingerprint density at radius 3 is 2.38 bits per heavy atom. The lowest BCUT2D eigenvalue weighted by atomic mass is 10.2. The van der Waals surface area contributed by atoms with Gasteiger partial charge in [0.05, 0.1) is 16.3 Å². The third-order valence-electron chi connectivity index (χ3n) is 3.01. The molecule has 2 rings (SSSR count). The van der Waals surface area contributed by atoms with Crippen LogP contribution in [0.3, 0.4) is 0 Å². The first-order chi connectivity index (χ1) is 9.79. The maximum absolute atomic E-state index is 12.5. The molecular weight excluding hydrogens is 286 g/mol. The van der Waals surface area contributed by atoms with Gasteiger partial charge in [-0.05, 0) is 42.8 Å². The number of rotatable bonds is 4. The largest absolute Gasteiger partial charge is 0.399 e. The fraction of sp³-hybridized carbons (Fsp3) is 0.200. The Balaban J connectivity index is 2.42. The van der Waals surface area contributed by atoms with Crippen molar-refractivity contribution in [2.24, 2.45) is 0 Å². The lowest BCUT2D eigenvalue weighted by Gasteiger charge is -2.18. The highest BCUT2D eigenvalue weighted by Gasteiger charge is 2.17. The van der Waals surface area contributed by atoms with Gasteiger partial charge in [0.25, 0.3) is 10.0 Å². The normalized spacial score (nSPS) is 11.2. The van der Waals surface area contributed by atoms with E-state index in [9.17, 15) is 8.42 Å². The predicted molar refractivity (Wildman–Crippen MR) is 87.2 cm³/mol. The maximum atomic E-state index is 12.5. The Hall–Kier alpha value is -2.21. The van der Waals surface area contributed by atoms with Gasteiger partial charge in [0, 0.05) is 19.8 Å². The molecule has 0 heterocycles. The fourth-order valence-electron chi connectivity index (χ4n) is 2.09. The van der Waals surface area contributed by atoms with Crippen LogP contribution in [0.5, 0.6) is 0 Å². The van der Waals surface area contributed by atoms with Gasteiger partial charge in [-0.3, -0.25) is 4.72 Å². The number of hydrogen-bond donors (Lipinski definition) is 2. The molecule has 0 unspecified atom stereocenters. The van der Waals surface area contributed by atoms with E-state index in [1.165, 1.54) is 6.07 Å². The molecule has 2 aromatic carbocycles. The highest BCUT2D eigenvalue weighted by Crippen LogP contribution is 2.27. The van der Waals surface area contributed by atoms with E-state index < -0.39 is 10.0 Å². The molecule has 21 heavy (non-hydrogen) atoms. The molecule has 0 fully saturated rings. The Morgan fingerprint density at radius 2 is 1.76 bits per heavy atom. The number of aryl methyl sites for hydroxylation is 1. The molecule has 5 nitrogen and oxygen atoms in total. The van der Waals surface area contributed by atoms with Crippen molar-refractivity contribution in [3.05, 3.63) is 48.0 Å². The minimum Gasteiger partial charge on any atom is -0.399 e. The molecule has 0 aromatic heterocycles. The van der Waals surface area contributed by atoms with Crippen molar-refractivity contribution in [3.63, 3.8) is 0 Å². The number of hydrogen-bond acceptors (Lipinski definition) is 4. The van der Waals surface area contributed by atoms with Gasteiger partial charge in [-0.2, -0.15) is 0 Å². The van der Waals surface area contributed by atoms with E-state index in [1.807, 2.05) is 38.1 Å². The number of nitrogens with zero attached hydrogens (tertiary/aromatic N) is 1. The molecule has 0 bridgehead atoms. The predicted octanol–water partition coefficient (Wildman–Crippen LogP) is 2.44. The summed E-state index contributed by atoms with van der Waals surface area (Å²) < 4.78 is 27.6. The summed E-state index contributed by atoms with van der Waals surface area (Å²) in [5.41, 5.74) is 8.28. The van der Waals surface area contributed by atoms with Gasteiger partial charge in [0.15, 0.2) is 0 Å². The van der Waals surface area contributed by atoms with Crippen LogP contribution in [0.2, 0.25) is 0 Å². The zero-order chi connectivity index (χ0) is 15.6. The van der Waals surface area contributed by atoms with Crippen LogP contribution in [-0.4, -0.2) is 22.5 Å². The van der Waals surface area contributed by atoms with E-state index in [0.29, 0.717) is 11.4 Å². The van der Waals surface area contributed by atoms with Crippen LogP contribution in [0.4, 0.5) is 17.1 Å². The van der Waals surface area contributed by atoms with Crippen LogP contribution < -0.4 is 15.4 Å². The number of nitrogen functional groups attached to an aromatic ring is 1. The molecule has 3 N–H and O–H groups in total. The molecule has 0 spiro atoms. The Kier molecular flexibility index (Phi) is 4.09. The monoisotopic (exact) mass is 305 g/mol. The molecule has 0 aliphatic rings. The summed E-state index contributed by atoms with van der Waals surface area (Å²) in [5.74, 6) is 0. The summed E-state index contributed by atoms with van der Waals surface area (Å²) in [5, 5.41) is 0. The van der Waals surface area contributed by atoms with Crippen LogP contribution in [0.1, 0.15) is 5.56 Å². The molecule has 0 saturated carbocycles. The van der Waals surface area contributed by atoms with Gasteiger partial charge in [-0.25, -0.2) is 8.42 Å². The summed E-state index contributed by atoms with van der Waals surface area (Å²) in [6, 6.07) is 12.0. The average molecular weight is 305 g/mol. The minimum absolute atomic E-state index is 0.161. The van der Waals surface area contributed by atoms with Crippen LogP contribution in [-0.2, 0) is 10.0 Å². The molecule has 0 radical (unpaired) electrons. The Bertz CT molecular complexity index is 735. The number of benzene rings is 2. The lowest BCUT2D eigenvalue weighted by Crippen LogP contribution is -2.17. The van der Waals surface area contributed by atoms with Crippen molar-refractivity contribution in [3.8, 4) is 0 Å². The third kappa shape index (κ3) is 3.46. The second-order valence-corrected chi connectivity index (χ2v) is 6.78. The quantitative estimate of drug-likeness (QED) is 0.851. The number of anilines is 3. The van der Waals surface area contributed by atoms with Gasteiger partial charge in [-0.15, -0.1) is 0 Å². The fourth-order valence-corrected chi connectivity index (χ4v) is 3.30. The molecule has 112 valence electrons. The van der Waals surface area contributed by atoms with Crippen LogP contribution in [0.25, 0.3) is 0 Å². The first kappa shape index (κ1) is 15.2. The Morgan fingerprint density at radius 1 is 1.10 bits per heavy atom. The van der Waals surface area contributed by atoms with E-state index >= 15 is 0 Å². The van der Waals surface area contributed by atoms with E-state index in [4.69, 9.17) is 5.73 Å². The summed E-state index contributed by atoms with van der Waals surface area (Å²) in [4.78, 5) is 2.01. The van der Waals surface area contributed by atoms with Crippen molar-refractivity contribution >= 4 is 27.1 Å². The summed E-state index contributed by atoms with van der Waals surface area (Å²) in [6.45, 7) is 1.81. The van der Waals surface area contributed by atoms with E-state index in [1.54, 1.807) is 24.3 Å². The van der Waals surface area contributed by atoms with Crippen molar-refractivity contribution in [2.75, 3.05) is 29.5 Å². The van der Waals surface area contributed by atoms with Crippen LogP contribution in [0, 0.1) is 6.92 Å². The smallest absolute Gasteiger partial charge is 0.262 e. The van der Waals surface area contributed by atoms with Crippen molar-refractivity contribution < 1.29 is 8.42 Å². The highest BCUT2D eigenvalue weighted by atomic mass is 32.2. The van der Waals surface area contributed by atoms with Crippen molar-refractivity contribution in [2.45, 2.75) is 11.8 Å². The summed E-state index contributed by atoms with van der Waals surface area (Å²) in [7, 11) is 0.0468. The molecule has 0 aliphatic carbocycles. The molecule has 0 atom stereocenters. The molecular formula is C15H19N3O2S. The van der Waals surface area contributed by atoms with Crippen molar-refractivity contribution in [1.29, 1.82) is 0 Å². The SMILES string of the molecule is Cc1cc(N)cc(S(=O)(=O)Nc2ccccc2N(C)C)c1. The van der Waals surface area contributed by atoms with Gasteiger partial charge < -0.3 is 10.6 Å². The second-order valence-electron chi connectivity index (χ2n) is 5.10. The molecule has 0 amide bonds. The Labute approximate surface area is 125 Å². The number of nitrogens with one attached hydrogen (secondary N) is 1. The average Bonchev–Trinajstić information content (AvgIpc) is 2.37. The first-order valence-corrected chi connectivity index (χ1v) is 7.94. The zero-order valence-electron chi connectivity index (χ0n) is 12.3. The third-order valence-corrected chi connectivity index (χ3v) is 4.36. The van der Waals surface area contributed by atoms with Gasteiger partial charge in [-0.1, -0.05) is 12.1 Å². The molecule has 0 saturated heterocycles. The number of sulfonamides is 1. The van der Waals surface area contributed by atoms with E-state index in [-0.39, 0.29) is 4.90 Å². The van der Waals surface area contributed by atoms with Crippen LogP contribution in [0.15, 0.2) is 47.4 Å². The maximum Gasteiger partial charge on any atom is 0.262 e. The zero-order valence-corrected chi connectivity index (χ0v) is 13.1. The number of nitrogens with two attached hydrogens (primary N) is 1.